The van der Waals surface area contributed by atoms with Gasteiger partial charge >= 0.3 is 0 Å². The van der Waals surface area contributed by atoms with E-state index in [0.29, 0.717) is 12.2 Å². The summed E-state index contributed by atoms with van der Waals surface area (Å²) in [5, 5.41) is 0. The van der Waals surface area contributed by atoms with E-state index >= 15 is 0 Å². The van der Waals surface area contributed by atoms with Gasteiger partial charge in [0.25, 0.3) is 0 Å². The van der Waals surface area contributed by atoms with Gasteiger partial charge in [-0.1, -0.05) is 28.1 Å². The lowest BCUT2D eigenvalue weighted by atomic mass is 9.99. The van der Waals surface area contributed by atoms with Gasteiger partial charge in [0.1, 0.15) is 5.75 Å². The van der Waals surface area contributed by atoms with Crippen molar-refractivity contribution in [3.05, 3.63) is 60.6 Å². The molecule has 0 aromatic heterocycles. The van der Waals surface area contributed by atoms with Crippen LogP contribution in [-0.2, 0) is 6.42 Å². The van der Waals surface area contributed by atoms with Crippen LogP contribution >= 0.6 is 38.5 Å². The van der Waals surface area contributed by atoms with Crippen LogP contribution in [0.4, 0.5) is 0 Å². The molecule has 3 rings (SSSR count). The first kappa shape index (κ1) is 14.1. The van der Waals surface area contributed by atoms with E-state index < -0.39 is 0 Å². The molecule has 0 atom stereocenters. The SMILES string of the molecule is Cc1cccc(C(=O)c2cc(Br)cc3c2OCC3)c1I. The Bertz CT molecular complexity index is 710. The molecule has 0 spiro atoms. The molecule has 0 amide bonds. The smallest absolute Gasteiger partial charge is 0.197 e. The van der Waals surface area contributed by atoms with Crippen LogP contribution in [0.1, 0.15) is 27.0 Å². The number of rotatable bonds is 2. The van der Waals surface area contributed by atoms with Crippen LogP contribution in [0, 0.1) is 10.5 Å². The highest BCUT2D eigenvalue weighted by atomic mass is 127. The quantitative estimate of drug-likeness (QED) is 0.504. The van der Waals surface area contributed by atoms with Gasteiger partial charge in [0, 0.05) is 20.0 Å². The van der Waals surface area contributed by atoms with Gasteiger partial charge in [-0.3, -0.25) is 4.79 Å². The first-order chi connectivity index (χ1) is 9.58. The van der Waals surface area contributed by atoms with Gasteiger partial charge in [-0.2, -0.15) is 0 Å². The van der Waals surface area contributed by atoms with Crippen molar-refractivity contribution in [3.8, 4) is 5.75 Å². The molecule has 0 unspecified atom stereocenters. The van der Waals surface area contributed by atoms with Gasteiger partial charge < -0.3 is 4.74 Å². The molecule has 1 aliphatic heterocycles. The van der Waals surface area contributed by atoms with Crippen molar-refractivity contribution in [1.82, 2.24) is 0 Å². The summed E-state index contributed by atoms with van der Waals surface area (Å²) in [4.78, 5) is 12.8. The van der Waals surface area contributed by atoms with Crippen LogP contribution in [0.2, 0.25) is 0 Å². The zero-order valence-corrected chi connectivity index (χ0v) is 14.6. The normalized spacial score (nSPS) is 12.9. The predicted octanol–water partition coefficient (Wildman–Crippen LogP) is 4.53. The highest BCUT2D eigenvalue weighted by molar-refractivity contribution is 14.1. The Morgan fingerprint density at radius 3 is 2.90 bits per heavy atom. The summed E-state index contributed by atoms with van der Waals surface area (Å²) in [6.07, 6.45) is 0.861. The molecule has 4 heteroatoms. The Labute approximate surface area is 139 Å². The lowest BCUT2D eigenvalue weighted by Crippen LogP contribution is -2.07. The molecule has 0 saturated heterocycles. The second-order valence-corrected chi connectivity index (χ2v) is 6.80. The number of benzene rings is 2. The monoisotopic (exact) mass is 442 g/mol. The van der Waals surface area contributed by atoms with E-state index in [0.717, 1.165) is 36.9 Å². The molecule has 0 saturated carbocycles. The number of hydrogen-bond acceptors (Lipinski definition) is 2. The average molecular weight is 443 g/mol. The molecule has 1 heterocycles. The van der Waals surface area contributed by atoms with Crippen LogP contribution in [-0.4, -0.2) is 12.4 Å². The van der Waals surface area contributed by atoms with Gasteiger partial charge in [-0.05, 0) is 58.8 Å². The van der Waals surface area contributed by atoms with Gasteiger partial charge in [0.15, 0.2) is 5.78 Å². The predicted molar refractivity (Wildman–Crippen MR) is 90.7 cm³/mol. The fourth-order valence-electron chi connectivity index (χ4n) is 2.41. The molecule has 102 valence electrons. The van der Waals surface area contributed by atoms with Crippen molar-refractivity contribution in [1.29, 1.82) is 0 Å². The number of aryl methyl sites for hydroxylation is 1. The summed E-state index contributed by atoms with van der Waals surface area (Å²) in [6.45, 7) is 2.66. The Kier molecular flexibility index (Phi) is 3.86. The summed E-state index contributed by atoms with van der Waals surface area (Å²) in [5.74, 6) is 0.771. The van der Waals surface area contributed by atoms with E-state index in [1.807, 2.05) is 37.3 Å². The van der Waals surface area contributed by atoms with E-state index in [2.05, 4.69) is 38.5 Å². The topological polar surface area (TPSA) is 26.3 Å². The molecule has 1 aliphatic rings. The minimum absolute atomic E-state index is 0.0255. The number of carbonyl (C=O) groups is 1. The zero-order valence-electron chi connectivity index (χ0n) is 10.9. The van der Waals surface area contributed by atoms with Crippen LogP contribution in [0.5, 0.6) is 5.75 Å². The minimum Gasteiger partial charge on any atom is -0.492 e. The third kappa shape index (κ3) is 2.39. The molecule has 0 aliphatic carbocycles. The third-order valence-electron chi connectivity index (χ3n) is 3.43. The number of carbonyl (C=O) groups excluding carboxylic acids is 1. The van der Waals surface area contributed by atoms with Crippen molar-refractivity contribution in [2.75, 3.05) is 6.61 Å². The summed E-state index contributed by atoms with van der Waals surface area (Å²) in [5.41, 5.74) is 3.60. The standard InChI is InChI=1S/C16H12BrIO2/c1-9-3-2-4-12(14(9)18)15(19)13-8-11(17)7-10-5-6-20-16(10)13/h2-4,7-8H,5-6H2,1H3. The van der Waals surface area contributed by atoms with Crippen molar-refractivity contribution >= 4 is 44.3 Å². The lowest BCUT2D eigenvalue weighted by molar-refractivity contribution is 0.103. The molecule has 0 radical (unpaired) electrons. The molecular weight excluding hydrogens is 431 g/mol. The first-order valence-corrected chi connectivity index (χ1v) is 8.20. The molecule has 2 nitrogen and oxygen atoms in total. The maximum absolute atomic E-state index is 12.8. The van der Waals surface area contributed by atoms with Crippen molar-refractivity contribution < 1.29 is 9.53 Å². The van der Waals surface area contributed by atoms with E-state index in [1.54, 1.807) is 0 Å². The molecule has 0 bridgehead atoms. The minimum atomic E-state index is 0.0255. The van der Waals surface area contributed by atoms with Crippen LogP contribution < -0.4 is 4.74 Å². The molecule has 0 fully saturated rings. The van der Waals surface area contributed by atoms with Crippen molar-refractivity contribution in [3.63, 3.8) is 0 Å². The van der Waals surface area contributed by atoms with E-state index in [1.165, 1.54) is 0 Å². The highest BCUT2D eigenvalue weighted by Crippen LogP contribution is 2.35. The fraction of sp³-hybridized carbons (Fsp3) is 0.188. The van der Waals surface area contributed by atoms with Gasteiger partial charge in [0.2, 0.25) is 0 Å². The Hall–Kier alpha value is -0.880. The third-order valence-corrected chi connectivity index (χ3v) is 5.32. The average Bonchev–Trinajstić information content (AvgIpc) is 2.88. The number of ether oxygens (including phenoxy) is 1. The summed E-state index contributed by atoms with van der Waals surface area (Å²) in [7, 11) is 0. The van der Waals surface area contributed by atoms with E-state index in [4.69, 9.17) is 4.74 Å². The number of hydrogen-bond donors (Lipinski definition) is 0. The summed E-state index contributed by atoms with van der Waals surface area (Å²) < 4.78 is 7.58. The molecule has 20 heavy (non-hydrogen) atoms. The molecular formula is C16H12BrIO2. The highest BCUT2D eigenvalue weighted by Gasteiger charge is 2.24. The Balaban J connectivity index is 2.14. The maximum Gasteiger partial charge on any atom is 0.197 e. The second kappa shape index (κ2) is 5.48. The molecule has 2 aromatic rings. The van der Waals surface area contributed by atoms with Gasteiger partial charge in [-0.25, -0.2) is 0 Å². The van der Waals surface area contributed by atoms with Gasteiger partial charge in [0.05, 0.1) is 12.2 Å². The second-order valence-electron chi connectivity index (χ2n) is 4.81. The van der Waals surface area contributed by atoms with Crippen LogP contribution in [0.15, 0.2) is 34.8 Å². The maximum atomic E-state index is 12.8. The fourth-order valence-corrected chi connectivity index (χ4v) is 3.52. The zero-order chi connectivity index (χ0) is 14.3. The Morgan fingerprint density at radius 2 is 2.10 bits per heavy atom. The number of halogens is 2. The summed E-state index contributed by atoms with van der Waals surface area (Å²) in [6, 6.07) is 9.69. The Morgan fingerprint density at radius 1 is 1.30 bits per heavy atom. The largest absolute Gasteiger partial charge is 0.492 e. The van der Waals surface area contributed by atoms with Crippen LogP contribution in [0.3, 0.4) is 0 Å². The van der Waals surface area contributed by atoms with Gasteiger partial charge in [-0.15, -0.1) is 0 Å². The van der Waals surface area contributed by atoms with Crippen molar-refractivity contribution in [2.45, 2.75) is 13.3 Å². The number of fused-ring (bicyclic) bond motifs is 1. The van der Waals surface area contributed by atoms with E-state index in [-0.39, 0.29) is 5.78 Å². The first-order valence-electron chi connectivity index (χ1n) is 6.33. The number of ketones is 1. The van der Waals surface area contributed by atoms with Crippen LogP contribution in [0.25, 0.3) is 0 Å². The van der Waals surface area contributed by atoms with Crippen molar-refractivity contribution in [2.24, 2.45) is 0 Å². The summed E-state index contributed by atoms with van der Waals surface area (Å²) >= 11 is 5.71. The molecule has 0 N–H and O–H groups in total. The lowest BCUT2D eigenvalue weighted by Gasteiger charge is -2.10. The van der Waals surface area contributed by atoms with E-state index in [9.17, 15) is 4.79 Å². The molecule has 2 aromatic carbocycles.